The highest BCUT2D eigenvalue weighted by molar-refractivity contribution is 5.86. The first-order valence-corrected chi connectivity index (χ1v) is 6.44. The first-order valence-electron chi connectivity index (χ1n) is 6.44. The summed E-state index contributed by atoms with van der Waals surface area (Å²) in [5.41, 5.74) is -0.534. The summed E-state index contributed by atoms with van der Waals surface area (Å²) in [5, 5.41) is 0. The van der Waals surface area contributed by atoms with Crippen molar-refractivity contribution in [2.24, 2.45) is 5.41 Å². The number of hydrogen-bond donors (Lipinski definition) is 0. The van der Waals surface area contributed by atoms with Crippen LogP contribution in [0.4, 0.5) is 0 Å². The largest absolute Gasteiger partial charge is 0.462 e. The molecule has 1 aliphatic heterocycles. The summed E-state index contributed by atoms with van der Waals surface area (Å²) in [7, 11) is 0. The third-order valence-electron chi connectivity index (χ3n) is 2.87. The van der Waals surface area contributed by atoms with Gasteiger partial charge in [-0.1, -0.05) is 6.58 Å². The lowest BCUT2D eigenvalue weighted by Gasteiger charge is -2.39. The molecule has 0 atom stereocenters. The maximum absolute atomic E-state index is 12.0. The molecule has 0 aromatic rings. The molecule has 1 aliphatic rings. The van der Waals surface area contributed by atoms with E-state index < -0.39 is 23.1 Å². The maximum atomic E-state index is 12.0. The third-order valence-corrected chi connectivity index (χ3v) is 2.87. The topological polar surface area (TPSA) is 71.1 Å². The fourth-order valence-electron chi connectivity index (χ4n) is 1.43. The van der Waals surface area contributed by atoms with Crippen LogP contribution >= 0.6 is 0 Å². The molecule has 114 valence electrons. The van der Waals surface area contributed by atoms with Gasteiger partial charge in [-0.25, -0.2) is 4.79 Å². The number of carbonyl (C=O) groups is 2. The number of esters is 2. The fraction of sp³-hybridized carbons (Fsp3) is 0.714. The maximum Gasteiger partial charge on any atom is 0.333 e. The predicted octanol–water partition coefficient (Wildman–Crippen LogP) is 1.44. The summed E-state index contributed by atoms with van der Waals surface area (Å²) in [6, 6.07) is 0. The molecular formula is C14H22O6. The molecule has 6 heteroatoms. The first-order chi connectivity index (χ1) is 9.16. The minimum Gasteiger partial charge on any atom is -0.462 e. The van der Waals surface area contributed by atoms with Crippen LogP contribution in [0.2, 0.25) is 0 Å². The fourth-order valence-corrected chi connectivity index (χ4v) is 1.43. The molecule has 0 saturated carbocycles. The molecule has 0 aliphatic carbocycles. The molecule has 0 spiro atoms. The average molecular weight is 286 g/mol. The van der Waals surface area contributed by atoms with Gasteiger partial charge in [0.05, 0.1) is 13.2 Å². The number of rotatable bonds is 5. The van der Waals surface area contributed by atoms with Gasteiger partial charge in [0, 0.05) is 5.57 Å². The minimum atomic E-state index is -0.839. The highest BCUT2D eigenvalue weighted by Gasteiger charge is 2.43. The zero-order valence-corrected chi connectivity index (χ0v) is 12.5. The van der Waals surface area contributed by atoms with Crippen molar-refractivity contribution in [3.63, 3.8) is 0 Å². The van der Waals surface area contributed by atoms with Crippen LogP contribution in [-0.2, 0) is 28.5 Å². The van der Waals surface area contributed by atoms with Gasteiger partial charge in [0.15, 0.2) is 5.79 Å². The van der Waals surface area contributed by atoms with E-state index in [9.17, 15) is 9.59 Å². The van der Waals surface area contributed by atoms with Crippen LogP contribution in [-0.4, -0.2) is 44.2 Å². The van der Waals surface area contributed by atoms with E-state index in [2.05, 4.69) is 6.58 Å². The van der Waals surface area contributed by atoms with Crippen molar-refractivity contribution < 1.29 is 28.5 Å². The molecule has 20 heavy (non-hydrogen) atoms. The number of ether oxygens (including phenoxy) is 4. The Bertz CT molecular complexity index is 388. The predicted molar refractivity (Wildman–Crippen MR) is 70.8 cm³/mol. The lowest BCUT2D eigenvalue weighted by Crippen LogP contribution is -2.49. The van der Waals surface area contributed by atoms with Crippen LogP contribution in [0.5, 0.6) is 0 Å². The molecule has 0 N–H and O–H groups in total. The molecule has 1 rings (SSSR count). The lowest BCUT2D eigenvalue weighted by atomic mass is 9.92. The Morgan fingerprint density at radius 3 is 2.10 bits per heavy atom. The SMILES string of the molecule is C=C(C)C(=O)OCCOC(=O)C1(C)COC(C)(C)OC1. The second-order valence-corrected chi connectivity index (χ2v) is 5.59. The zero-order valence-electron chi connectivity index (χ0n) is 12.5. The van der Waals surface area contributed by atoms with E-state index in [1.54, 1.807) is 27.7 Å². The van der Waals surface area contributed by atoms with E-state index in [-0.39, 0.29) is 26.4 Å². The summed E-state index contributed by atoms with van der Waals surface area (Å²) >= 11 is 0. The van der Waals surface area contributed by atoms with Gasteiger partial charge < -0.3 is 18.9 Å². The normalized spacial score (nSPS) is 20.0. The molecule has 1 saturated heterocycles. The molecule has 0 radical (unpaired) electrons. The quantitative estimate of drug-likeness (QED) is 0.432. The van der Waals surface area contributed by atoms with Crippen LogP contribution in [0.25, 0.3) is 0 Å². The zero-order chi connectivity index (χ0) is 15.4. The van der Waals surface area contributed by atoms with Crippen molar-refractivity contribution in [2.45, 2.75) is 33.5 Å². The first kappa shape index (κ1) is 16.7. The summed E-state index contributed by atoms with van der Waals surface area (Å²) in [6.07, 6.45) is 0. The smallest absolute Gasteiger partial charge is 0.333 e. The Labute approximate surface area is 119 Å². The number of hydrogen-bond acceptors (Lipinski definition) is 6. The van der Waals surface area contributed by atoms with Crippen LogP contribution in [0, 0.1) is 5.41 Å². The van der Waals surface area contributed by atoms with Crippen molar-refractivity contribution in [2.75, 3.05) is 26.4 Å². The van der Waals surface area contributed by atoms with Crippen LogP contribution in [0.15, 0.2) is 12.2 Å². The van der Waals surface area contributed by atoms with Crippen molar-refractivity contribution >= 4 is 11.9 Å². The molecule has 1 fully saturated rings. The molecule has 0 aromatic carbocycles. The molecule has 0 unspecified atom stereocenters. The summed E-state index contributed by atoms with van der Waals surface area (Å²) in [4.78, 5) is 23.1. The molecule has 0 bridgehead atoms. The minimum absolute atomic E-state index is 0.000715. The van der Waals surface area contributed by atoms with Crippen molar-refractivity contribution in [3.8, 4) is 0 Å². The van der Waals surface area contributed by atoms with E-state index in [4.69, 9.17) is 18.9 Å². The molecule has 6 nitrogen and oxygen atoms in total. The van der Waals surface area contributed by atoms with Crippen LogP contribution < -0.4 is 0 Å². The molecular weight excluding hydrogens is 264 g/mol. The van der Waals surface area contributed by atoms with Crippen molar-refractivity contribution in [3.05, 3.63) is 12.2 Å². The summed E-state index contributed by atoms with van der Waals surface area (Å²) < 4.78 is 20.8. The van der Waals surface area contributed by atoms with Gasteiger partial charge in [-0.3, -0.25) is 4.79 Å². The average Bonchev–Trinajstić information content (AvgIpc) is 2.37. The van der Waals surface area contributed by atoms with Gasteiger partial charge in [0.25, 0.3) is 0 Å². The highest BCUT2D eigenvalue weighted by atomic mass is 16.7. The van der Waals surface area contributed by atoms with E-state index in [0.29, 0.717) is 5.57 Å². The number of carbonyl (C=O) groups excluding carboxylic acids is 2. The van der Waals surface area contributed by atoms with Gasteiger partial charge in [-0.05, 0) is 27.7 Å². The Kier molecular flexibility index (Phi) is 5.30. The third kappa shape index (κ3) is 4.61. The Balaban J connectivity index is 2.32. The second-order valence-electron chi connectivity index (χ2n) is 5.59. The van der Waals surface area contributed by atoms with Gasteiger partial charge in [0.1, 0.15) is 18.6 Å². The Morgan fingerprint density at radius 1 is 1.10 bits per heavy atom. The van der Waals surface area contributed by atoms with E-state index in [0.717, 1.165) is 0 Å². The molecule has 1 heterocycles. The van der Waals surface area contributed by atoms with Crippen LogP contribution in [0.3, 0.4) is 0 Å². The van der Waals surface area contributed by atoms with Crippen molar-refractivity contribution in [1.29, 1.82) is 0 Å². The van der Waals surface area contributed by atoms with E-state index >= 15 is 0 Å². The van der Waals surface area contributed by atoms with E-state index in [1.165, 1.54) is 0 Å². The van der Waals surface area contributed by atoms with Gasteiger partial charge in [-0.2, -0.15) is 0 Å². The Hall–Kier alpha value is -1.40. The molecule has 0 aromatic heterocycles. The van der Waals surface area contributed by atoms with Crippen LogP contribution in [0.1, 0.15) is 27.7 Å². The highest BCUT2D eigenvalue weighted by Crippen LogP contribution is 2.30. The summed E-state index contributed by atoms with van der Waals surface area (Å²) in [5.74, 6) is -1.62. The van der Waals surface area contributed by atoms with Gasteiger partial charge >= 0.3 is 11.9 Å². The summed E-state index contributed by atoms with van der Waals surface area (Å²) in [6.45, 7) is 10.7. The molecule has 0 amide bonds. The van der Waals surface area contributed by atoms with E-state index in [1.807, 2.05) is 0 Å². The monoisotopic (exact) mass is 286 g/mol. The lowest BCUT2D eigenvalue weighted by molar-refractivity contribution is -0.281. The van der Waals surface area contributed by atoms with Crippen molar-refractivity contribution in [1.82, 2.24) is 0 Å². The Morgan fingerprint density at radius 2 is 1.60 bits per heavy atom. The van der Waals surface area contributed by atoms with Gasteiger partial charge in [-0.15, -0.1) is 0 Å². The van der Waals surface area contributed by atoms with Gasteiger partial charge in [0.2, 0.25) is 0 Å². The second kappa shape index (κ2) is 6.37. The standard InChI is InChI=1S/C14H22O6/c1-10(2)11(15)17-6-7-18-12(16)14(5)8-19-13(3,4)20-9-14/h1,6-9H2,2-5H3.